The number of aromatic nitrogens is 3. The molecule has 5 nitrogen and oxygen atoms in total. The van der Waals surface area contributed by atoms with Gasteiger partial charge in [0.1, 0.15) is 0 Å². The van der Waals surface area contributed by atoms with E-state index in [1.54, 1.807) is 0 Å². The van der Waals surface area contributed by atoms with Crippen LogP contribution in [0.25, 0.3) is 5.69 Å². The first-order valence-corrected chi connectivity index (χ1v) is 6.66. The highest BCUT2D eigenvalue weighted by molar-refractivity contribution is 5.30. The summed E-state index contributed by atoms with van der Waals surface area (Å²) in [6.45, 7) is 0.352. The maximum atomic E-state index is 12.3. The number of hydrogen-bond acceptors (Lipinski definition) is 2. The fourth-order valence-electron chi connectivity index (χ4n) is 2.30. The third-order valence-electron chi connectivity index (χ3n) is 3.39. The average molecular weight is 281 g/mol. The molecule has 2 aromatic carbocycles. The molecule has 0 aliphatic heterocycles. The van der Waals surface area contributed by atoms with Crippen molar-refractivity contribution >= 4 is 0 Å². The predicted molar refractivity (Wildman–Crippen MR) is 80.8 cm³/mol. The summed E-state index contributed by atoms with van der Waals surface area (Å²) in [7, 11) is 1.49. The molecule has 0 saturated heterocycles. The van der Waals surface area contributed by atoms with Gasteiger partial charge in [-0.25, -0.2) is 18.8 Å². The monoisotopic (exact) mass is 281 g/mol. The van der Waals surface area contributed by atoms with Crippen LogP contribution in [-0.2, 0) is 13.6 Å². The summed E-state index contributed by atoms with van der Waals surface area (Å²) in [5.74, 6) is 0. The first kappa shape index (κ1) is 13.2. The molecule has 0 unspecified atom stereocenters. The minimum Gasteiger partial charge on any atom is -0.246 e. The molecule has 5 heteroatoms. The molecule has 3 rings (SSSR count). The third kappa shape index (κ3) is 2.33. The zero-order valence-electron chi connectivity index (χ0n) is 11.6. The Kier molecular flexibility index (Phi) is 3.31. The summed E-state index contributed by atoms with van der Waals surface area (Å²) in [6.07, 6.45) is 0. The van der Waals surface area contributed by atoms with E-state index in [2.05, 4.69) is 0 Å². The molecule has 0 spiro atoms. The van der Waals surface area contributed by atoms with Crippen LogP contribution in [0.15, 0.2) is 70.3 Å². The Morgan fingerprint density at radius 2 is 1.38 bits per heavy atom. The Morgan fingerprint density at radius 3 is 2.00 bits per heavy atom. The van der Waals surface area contributed by atoms with Gasteiger partial charge in [-0.15, -0.1) is 0 Å². The van der Waals surface area contributed by atoms with E-state index in [1.807, 2.05) is 60.7 Å². The average Bonchev–Trinajstić information content (AvgIpc) is 2.74. The number of hydrogen-bond donors (Lipinski definition) is 0. The molecule has 1 heterocycles. The van der Waals surface area contributed by atoms with Gasteiger partial charge in [-0.3, -0.25) is 0 Å². The molecule has 21 heavy (non-hydrogen) atoms. The summed E-state index contributed by atoms with van der Waals surface area (Å²) in [4.78, 5) is 24.6. The molecule has 0 aliphatic rings. The van der Waals surface area contributed by atoms with Crippen molar-refractivity contribution in [3.63, 3.8) is 0 Å². The number of para-hydroxylation sites is 1. The Bertz CT molecular complexity index is 858. The van der Waals surface area contributed by atoms with Crippen LogP contribution >= 0.6 is 0 Å². The van der Waals surface area contributed by atoms with Crippen LogP contribution in [0, 0.1) is 0 Å². The van der Waals surface area contributed by atoms with Gasteiger partial charge in [-0.1, -0.05) is 48.5 Å². The fraction of sp³-hybridized carbons (Fsp3) is 0.125. The van der Waals surface area contributed by atoms with Gasteiger partial charge in [-0.05, 0) is 17.7 Å². The highest BCUT2D eigenvalue weighted by atomic mass is 16.2. The van der Waals surface area contributed by atoms with Gasteiger partial charge in [0.15, 0.2) is 0 Å². The Labute approximate surface area is 121 Å². The van der Waals surface area contributed by atoms with Crippen LogP contribution < -0.4 is 11.4 Å². The van der Waals surface area contributed by atoms with Crippen LogP contribution in [0.1, 0.15) is 5.56 Å². The number of benzene rings is 2. The smallest absolute Gasteiger partial charge is 0.246 e. The van der Waals surface area contributed by atoms with Crippen molar-refractivity contribution in [2.75, 3.05) is 0 Å². The SMILES string of the molecule is Cn1c(=O)n(Cc2ccccc2)n(-c2ccccc2)c1=O. The Balaban J connectivity index is 2.19. The fourth-order valence-corrected chi connectivity index (χ4v) is 2.30. The molecule has 0 saturated carbocycles. The summed E-state index contributed by atoms with van der Waals surface area (Å²) in [6, 6.07) is 18.8. The minimum absolute atomic E-state index is 0.326. The lowest BCUT2D eigenvalue weighted by Gasteiger charge is -2.09. The van der Waals surface area contributed by atoms with Crippen molar-refractivity contribution in [2.45, 2.75) is 6.54 Å². The third-order valence-corrected chi connectivity index (χ3v) is 3.39. The lowest BCUT2D eigenvalue weighted by molar-refractivity contribution is 0.574. The Hall–Kier alpha value is -2.82. The quantitative estimate of drug-likeness (QED) is 0.728. The molecule has 1 aromatic heterocycles. The van der Waals surface area contributed by atoms with Crippen LogP contribution in [0.2, 0.25) is 0 Å². The molecule has 3 aromatic rings. The van der Waals surface area contributed by atoms with Gasteiger partial charge in [0, 0.05) is 7.05 Å². The minimum atomic E-state index is -0.345. The molecular formula is C16H15N3O2. The highest BCUT2D eigenvalue weighted by Gasteiger charge is 2.14. The number of nitrogens with zero attached hydrogens (tertiary/aromatic N) is 3. The van der Waals surface area contributed by atoms with Crippen molar-refractivity contribution in [3.05, 3.63) is 87.2 Å². The largest absolute Gasteiger partial charge is 0.351 e. The lowest BCUT2D eigenvalue weighted by Crippen LogP contribution is -2.26. The van der Waals surface area contributed by atoms with E-state index < -0.39 is 0 Å². The van der Waals surface area contributed by atoms with Crippen molar-refractivity contribution in [2.24, 2.45) is 7.05 Å². The summed E-state index contributed by atoms with van der Waals surface area (Å²) in [5.41, 5.74) is 0.973. The zero-order chi connectivity index (χ0) is 14.8. The van der Waals surface area contributed by atoms with E-state index in [-0.39, 0.29) is 11.4 Å². The molecule has 0 amide bonds. The second-order valence-corrected chi connectivity index (χ2v) is 4.81. The molecular weight excluding hydrogens is 266 g/mol. The van der Waals surface area contributed by atoms with E-state index >= 15 is 0 Å². The molecule has 0 aliphatic carbocycles. The van der Waals surface area contributed by atoms with E-state index in [0.717, 1.165) is 10.1 Å². The van der Waals surface area contributed by atoms with E-state index in [0.29, 0.717) is 12.2 Å². The summed E-state index contributed by atoms with van der Waals surface area (Å²) >= 11 is 0. The standard InChI is InChI=1S/C16H15N3O2/c1-17-15(20)18(12-13-8-4-2-5-9-13)19(16(17)21)14-10-6-3-7-11-14/h2-11H,12H2,1H3. The van der Waals surface area contributed by atoms with Gasteiger partial charge in [0.05, 0.1) is 12.2 Å². The van der Waals surface area contributed by atoms with Crippen molar-refractivity contribution < 1.29 is 0 Å². The second kappa shape index (κ2) is 5.28. The van der Waals surface area contributed by atoms with Crippen molar-refractivity contribution in [1.82, 2.24) is 13.9 Å². The van der Waals surface area contributed by atoms with E-state index in [4.69, 9.17) is 0 Å². The second-order valence-electron chi connectivity index (χ2n) is 4.81. The van der Waals surface area contributed by atoms with Crippen LogP contribution in [0.3, 0.4) is 0 Å². The number of rotatable bonds is 3. The van der Waals surface area contributed by atoms with Crippen molar-refractivity contribution in [1.29, 1.82) is 0 Å². The van der Waals surface area contributed by atoms with Gasteiger partial charge in [-0.2, -0.15) is 4.68 Å². The van der Waals surface area contributed by atoms with Crippen LogP contribution in [-0.4, -0.2) is 13.9 Å². The maximum absolute atomic E-state index is 12.3. The first-order valence-electron chi connectivity index (χ1n) is 6.66. The van der Waals surface area contributed by atoms with Gasteiger partial charge < -0.3 is 0 Å². The molecule has 0 atom stereocenters. The first-order chi connectivity index (χ1) is 10.2. The normalized spacial score (nSPS) is 10.7. The van der Waals surface area contributed by atoms with Gasteiger partial charge in [0.25, 0.3) is 0 Å². The van der Waals surface area contributed by atoms with E-state index in [9.17, 15) is 9.59 Å². The van der Waals surface area contributed by atoms with Crippen LogP contribution in [0.4, 0.5) is 0 Å². The predicted octanol–water partition coefficient (Wildman–Crippen LogP) is 1.39. The molecule has 106 valence electrons. The topological polar surface area (TPSA) is 48.9 Å². The van der Waals surface area contributed by atoms with Crippen molar-refractivity contribution in [3.8, 4) is 5.69 Å². The summed E-state index contributed by atoms with van der Waals surface area (Å²) < 4.78 is 3.98. The maximum Gasteiger partial charge on any atom is 0.351 e. The molecule has 0 radical (unpaired) electrons. The Morgan fingerprint density at radius 1 is 0.810 bits per heavy atom. The van der Waals surface area contributed by atoms with Crippen LogP contribution in [0.5, 0.6) is 0 Å². The molecule has 0 N–H and O–H groups in total. The van der Waals surface area contributed by atoms with E-state index in [1.165, 1.54) is 16.4 Å². The lowest BCUT2D eigenvalue weighted by atomic mass is 10.2. The van der Waals surface area contributed by atoms with Gasteiger partial charge in [0.2, 0.25) is 0 Å². The molecule has 0 fully saturated rings. The zero-order valence-corrected chi connectivity index (χ0v) is 11.6. The molecule has 0 bridgehead atoms. The van der Waals surface area contributed by atoms with Gasteiger partial charge >= 0.3 is 11.4 Å². The highest BCUT2D eigenvalue weighted by Crippen LogP contribution is 2.05. The summed E-state index contributed by atoms with van der Waals surface area (Å²) in [5, 5.41) is 0.